The van der Waals surface area contributed by atoms with Crippen LogP contribution in [0.1, 0.15) is 23.3 Å². The molecule has 6 nitrogen and oxygen atoms in total. The van der Waals surface area contributed by atoms with Crippen LogP contribution in [-0.2, 0) is 17.8 Å². The Morgan fingerprint density at radius 3 is 2.84 bits per heavy atom. The number of aromatic nitrogens is 3. The molecule has 0 aliphatic carbocycles. The number of amides is 1. The second-order valence-corrected chi connectivity index (χ2v) is 8.92. The third kappa shape index (κ3) is 5.31. The van der Waals surface area contributed by atoms with E-state index in [4.69, 9.17) is 23.2 Å². The lowest BCUT2D eigenvalue weighted by Crippen LogP contribution is -2.21. The summed E-state index contributed by atoms with van der Waals surface area (Å²) in [6, 6.07) is 12.5. The molecule has 0 spiro atoms. The lowest BCUT2D eigenvalue weighted by Gasteiger charge is -2.06. The van der Waals surface area contributed by atoms with Crippen molar-refractivity contribution in [1.82, 2.24) is 14.5 Å². The van der Waals surface area contributed by atoms with Gasteiger partial charge < -0.3 is 5.32 Å². The number of carbonyl (C=O) groups excluding carboxylic acids is 1. The maximum absolute atomic E-state index is 12.5. The van der Waals surface area contributed by atoms with Crippen molar-refractivity contribution in [3.63, 3.8) is 0 Å². The number of halogens is 2. The number of nitrogens with one attached hydrogen (secondary N) is 1. The number of hydrogen-bond acceptors (Lipinski definition) is 5. The van der Waals surface area contributed by atoms with Gasteiger partial charge in [-0.05, 0) is 42.3 Å². The SMILES string of the molecule is O=C(CCCn1cnc2ccccc2c1=O)Nc1ncc(Cc2cc(Cl)ccc2Cl)s1. The minimum atomic E-state index is -0.150. The normalized spacial score (nSPS) is 11.0. The Balaban J connectivity index is 1.31. The summed E-state index contributed by atoms with van der Waals surface area (Å²) < 4.78 is 1.53. The molecule has 4 aromatic rings. The highest BCUT2D eigenvalue weighted by molar-refractivity contribution is 7.15. The Hall–Kier alpha value is -2.74. The molecule has 0 bridgehead atoms. The van der Waals surface area contributed by atoms with Crippen LogP contribution in [0.25, 0.3) is 10.9 Å². The third-order valence-electron chi connectivity index (χ3n) is 4.71. The molecule has 0 atom stereocenters. The van der Waals surface area contributed by atoms with Gasteiger partial charge in [0.15, 0.2) is 5.13 Å². The van der Waals surface area contributed by atoms with Crippen LogP contribution in [-0.4, -0.2) is 20.4 Å². The molecule has 31 heavy (non-hydrogen) atoms. The number of fused-ring (bicyclic) bond motifs is 1. The molecule has 0 saturated heterocycles. The fraction of sp³-hybridized carbons (Fsp3) is 0.182. The Labute approximate surface area is 192 Å². The Kier molecular flexibility index (Phi) is 6.65. The van der Waals surface area contributed by atoms with Crippen LogP contribution in [0.15, 0.2) is 59.8 Å². The second kappa shape index (κ2) is 9.60. The quantitative estimate of drug-likeness (QED) is 0.402. The number of para-hydroxylation sites is 1. The monoisotopic (exact) mass is 472 g/mol. The first-order chi connectivity index (χ1) is 15.0. The molecule has 0 saturated carbocycles. The van der Waals surface area contributed by atoms with Gasteiger partial charge in [-0.2, -0.15) is 0 Å². The molecule has 2 aromatic carbocycles. The smallest absolute Gasteiger partial charge is 0.261 e. The summed E-state index contributed by atoms with van der Waals surface area (Å²) in [5.41, 5.74) is 1.47. The Morgan fingerprint density at radius 2 is 1.97 bits per heavy atom. The lowest BCUT2D eigenvalue weighted by atomic mass is 10.1. The zero-order valence-corrected chi connectivity index (χ0v) is 18.7. The van der Waals surface area contributed by atoms with Gasteiger partial charge in [-0.15, -0.1) is 11.3 Å². The maximum atomic E-state index is 12.5. The van der Waals surface area contributed by atoms with E-state index in [1.54, 1.807) is 30.5 Å². The van der Waals surface area contributed by atoms with Crippen LogP contribution in [0.4, 0.5) is 5.13 Å². The van der Waals surface area contributed by atoms with Crippen molar-refractivity contribution in [3.05, 3.63) is 85.8 Å². The number of thiazole rings is 1. The van der Waals surface area contributed by atoms with Crippen molar-refractivity contribution in [1.29, 1.82) is 0 Å². The highest BCUT2D eigenvalue weighted by Crippen LogP contribution is 2.27. The highest BCUT2D eigenvalue weighted by Gasteiger charge is 2.10. The van der Waals surface area contributed by atoms with E-state index in [0.29, 0.717) is 45.5 Å². The zero-order chi connectivity index (χ0) is 21.8. The molecular weight excluding hydrogens is 455 g/mol. The first-order valence-electron chi connectivity index (χ1n) is 9.62. The molecule has 1 amide bonds. The van der Waals surface area contributed by atoms with Crippen molar-refractivity contribution in [2.75, 3.05) is 5.32 Å². The molecule has 0 aliphatic rings. The van der Waals surface area contributed by atoms with E-state index in [1.807, 2.05) is 18.2 Å². The third-order valence-corrected chi connectivity index (χ3v) is 6.22. The minimum Gasteiger partial charge on any atom is -0.302 e. The second-order valence-electron chi connectivity index (χ2n) is 6.96. The van der Waals surface area contributed by atoms with Gasteiger partial charge in [0.2, 0.25) is 5.91 Å². The molecular formula is C22H18Cl2N4O2S. The molecule has 2 heterocycles. The Morgan fingerprint density at radius 1 is 1.13 bits per heavy atom. The first-order valence-corrected chi connectivity index (χ1v) is 11.2. The van der Waals surface area contributed by atoms with E-state index in [1.165, 1.54) is 22.2 Å². The fourth-order valence-corrected chi connectivity index (χ4v) is 4.40. The average Bonchev–Trinajstić information content (AvgIpc) is 3.19. The van der Waals surface area contributed by atoms with Crippen LogP contribution in [0.2, 0.25) is 10.0 Å². The molecule has 9 heteroatoms. The molecule has 0 fully saturated rings. The van der Waals surface area contributed by atoms with Gasteiger partial charge in [0, 0.05) is 40.5 Å². The predicted octanol–water partition coefficient (Wildman–Crippen LogP) is 5.17. The maximum Gasteiger partial charge on any atom is 0.261 e. The summed E-state index contributed by atoms with van der Waals surface area (Å²) in [7, 11) is 0. The first kappa shape index (κ1) is 21.5. The van der Waals surface area contributed by atoms with E-state index < -0.39 is 0 Å². The van der Waals surface area contributed by atoms with E-state index in [9.17, 15) is 9.59 Å². The van der Waals surface area contributed by atoms with Crippen molar-refractivity contribution in [2.24, 2.45) is 0 Å². The van der Waals surface area contributed by atoms with Crippen LogP contribution >= 0.6 is 34.5 Å². The molecule has 0 unspecified atom stereocenters. The summed E-state index contributed by atoms with van der Waals surface area (Å²) in [6.07, 6.45) is 4.62. The van der Waals surface area contributed by atoms with Crippen molar-refractivity contribution >= 4 is 56.5 Å². The lowest BCUT2D eigenvalue weighted by molar-refractivity contribution is -0.116. The van der Waals surface area contributed by atoms with Gasteiger partial charge in [0.25, 0.3) is 5.56 Å². The molecule has 158 valence electrons. The largest absolute Gasteiger partial charge is 0.302 e. The van der Waals surface area contributed by atoms with Gasteiger partial charge in [-0.25, -0.2) is 9.97 Å². The summed E-state index contributed by atoms with van der Waals surface area (Å²) in [6.45, 7) is 0.417. The predicted molar refractivity (Wildman–Crippen MR) is 125 cm³/mol. The number of anilines is 1. The standard InChI is InChI=1S/C22H18Cl2N4O2S/c23-15-7-8-18(24)14(10-15)11-16-12-25-22(31-16)27-20(29)6-3-9-28-13-26-19-5-2-1-4-17(19)21(28)30/h1-2,4-5,7-8,10,12-13H,3,6,9,11H2,(H,25,27,29). The van der Waals surface area contributed by atoms with E-state index in [-0.39, 0.29) is 17.9 Å². The van der Waals surface area contributed by atoms with Crippen LogP contribution in [0, 0.1) is 0 Å². The molecule has 0 radical (unpaired) electrons. The summed E-state index contributed by atoms with van der Waals surface area (Å²) in [5.74, 6) is -0.150. The average molecular weight is 473 g/mol. The van der Waals surface area contributed by atoms with Gasteiger partial charge >= 0.3 is 0 Å². The van der Waals surface area contributed by atoms with E-state index >= 15 is 0 Å². The van der Waals surface area contributed by atoms with Gasteiger partial charge in [-0.3, -0.25) is 14.2 Å². The van der Waals surface area contributed by atoms with Crippen LogP contribution in [0.5, 0.6) is 0 Å². The molecule has 1 N–H and O–H groups in total. The number of hydrogen-bond donors (Lipinski definition) is 1. The highest BCUT2D eigenvalue weighted by atomic mass is 35.5. The fourth-order valence-electron chi connectivity index (χ4n) is 3.17. The van der Waals surface area contributed by atoms with Gasteiger partial charge in [-0.1, -0.05) is 35.3 Å². The molecule has 4 rings (SSSR count). The van der Waals surface area contributed by atoms with Crippen molar-refractivity contribution in [2.45, 2.75) is 25.8 Å². The zero-order valence-electron chi connectivity index (χ0n) is 16.3. The number of rotatable bonds is 7. The van der Waals surface area contributed by atoms with Crippen LogP contribution < -0.4 is 10.9 Å². The summed E-state index contributed by atoms with van der Waals surface area (Å²) >= 11 is 13.6. The summed E-state index contributed by atoms with van der Waals surface area (Å²) in [4.78, 5) is 34.3. The number of nitrogens with zero attached hydrogens (tertiary/aromatic N) is 3. The number of benzene rings is 2. The van der Waals surface area contributed by atoms with E-state index in [2.05, 4.69) is 15.3 Å². The summed E-state index contributed by atoms with van der Waals surface area (Å²) in [5, 5.41) is 5.18. The molecule has 2 aromatic heterocycles. The van der Waals surface area contributed by atoms with Crippen LogP contribution in [0.3, 0.4) is 0 Å². The van der Waals surface area contributed by atoms with Crippen molar-refractivity contribution < 1.29 is 4.79 Å². The van der Waals surface area contributed by atoms with Gasteiger partial charge in [0.1, 0.15) is 0 Å². The number of aryl methyl sites for hydroxylation is 1. The van der Waals surface area contributed by atoms with Gasteiger partial charge in [0.05, 0.1) is 17.2 Å². The van der Waals surface area contributed by atoms with Crippen molar-refractivity contribution in [3.8, 4) is 0 Å². The topological polar surface area (TPSA) is 76.9 Å². The Bertz CT molecular complexity index is 1300. The minimum absolute atomic E-state index is 0.102. The van der Waals surface area contributed by atoms with E-state index in [0.717, 1.165) is 10.4 Å². The number of carbonyl (C=O) groups is 1. The molecule has 0 aliphatic heterocycles.